The van der Waals surface area contributed by atoms with E-state index in [0.29, 0.717) is 10.9 Å². The molecule has 3 aromatic rings. The van der Waals surface area contributed by atoms with Crippen molar-refractivity contribution in [1.29, 1.82) is 0 Å². The fraction of sp³-hybridized carbons (Fsp3) is 0.294. The highest BCUT2D eigenvalue weighted by Crippen LogP contribution is 2.34. The Morgan fingerprint density at radius 1 is 1.24 bits per heavy atom. The third-order valence-corrected chi connectivity index (χ3v) is 6.59. The number of carbonyl (C=O) groups is 1. The van der Waals surface area contributed by atoms with Crippen molar-refractivity contribution in [2.45, 2.75) is 37.8 Å². The zero-order valence-corrected chi connectivity index (χ0v) is 16.9. The average Bonchev–Trinajstić information content (AvgIpc) is 3.18. The molecule has 0 radical (unpaired) electrons. The molecule has 0 saturated heterocycles. The number of carbonyl (C=O) groups excluding carboxylic acids is 1. The second kappa shape index (κ2) is 7.63. The zero-order valence-electron chi connectivity index (χ0n) is 14.4. The van der Waals surface area contributed by atoms with Crippen LogP contribution in [0.5, 0.6) is 0 Å². The Hall–Kier alpha value is -1.77. The largest absolute Gasteiger partial charge is 0.274 e. The molecule has 1 amide bonds. The summed E-state index contributed by atoms with van der Waals surface area (Å²) in [5.74, 6) is 0.672. The molecule has 2 aromatic heterocycles. The maximum absolute atomic E-state index is 12.3. The van der Waals surface area contributed by atoms with Crippen molar-refractivity contribution in [2.75, 3.05) is 4.90 Å². The summed E-state index contributed by atoms with van der Waals surface area (Å²) in [6, 6.07) is 5.98. The van der Waals surface area contributed by atoms with E-state index in [2.05, 4.69) is 15.2 Å². The first-order valence-electron chi connectivity index (χ1n) is 7.70. The van der Waals surface area contributed by atoms with Crippen molar-refractivity contribution in [3.63, 3.8) is 0 Å². The smallest absolute Gasteiger partial charge is 0.230 e. The Morgan fingerprint density at radius 2 is 2.04 bits per heavy atom. The molecule has 3 rings (SSSR count). The highest BCUT2D eigenvalue weighted by Gasteiger charge is 2.20. The summed E-state index contributed by atoms with van der Waals surface area (Å²) in [7, 11) is 0. The van der Waals surface area contributed by atoms with Gasteiger partial charge in [-0.3, -0.25) is 9.69 Å². The number of aromatic nitrogens is 3. The Morgan fingerprint density at radius 3 is 2.72 bits per heavy atom. The number of thioether (sulfide) groups is 1. The van der Waals surface area contributed by atoms with Gasteiger partial charge in [-0.1, -0.05) is 35.2 Å². The summed E-state index contributed by atoms with van der Waals surface area (Å²) in [6.07, 6.45) is 0. The normalized spacial score (nSPS) is 10.9. The molecule has 0 N–H and O–H groups in total. The van der Waals surface area contributed by atoms with Crippen LogP contribution in [0.4, 0.5) is 10.8 Å². The molecule has 0 unspecified atom stereocenters. The number of nitrogens with zero attached hydrogens (tertiary/aromatic N) is 4. The Kier molecular flexibility index (Phi) is 5.51. The fourth-order valence-electron chi connectivity index (χ4n) is 2.32. The topological polar surface area (TPSA) is 59.0 Å². The molecule has 25 heavy (non-hydrogen) atoms. The molecule has 0 fully saturated rings. The van der Waals surface area contributed by atoms with Gasteiger partial charge in [-0.05, 0) is 38.0 Å². The van der Waals surface area contributed by atoms with Gasteiger partial charge in [-0.15, -0.1) is 21.5 Å². The molecular formula is C17H18N4OS3. The number of hydrogen-bond acceptors (Lipinski definition) is 7. The molecule has 0 saturated carbocycles. The second-order valence-corrected chi connectivity index (χ2v) is 8.81. The van der Waals surface area contributed by atoms with Crippen molar-refractivity contribution < 1.29 is 4.79 Å². The quantitative estimate of drug-likeness (QED) is 0.580. The molecule has 0 aliphatic carbocycles. The minimum absolute atomic E-state index is 0.0398. The number of amides is 1. The van der Waals surface area contributed by atoms with Gasteiger partial charge in [-0.25, -0.2) is 4.98 Å². The highest BCUT2D eigenvalue weighted by molar-refractivity contribution is 8.00. The lowest BCUT2D eigenvalue weighted by Gasteiger charge is -2.21. The van der Waals surface area contributed by atoms with Gasteiger partial charge >= 0.3 is 0 Å². The predicted molar refractivity (Wildman–Crippen MR) is 105 cm³/mol. The van der Waals surface area contributed by atoms with Gasteiger partial charge in [0.05, 0.1) is 11.4 Å². The lowest BCUT2D eigenvalue weighted by Crippen LogP contribution is -2.23. The number of hydrogen-bond donors (Lipinski definition) is 0. The van der Waals surface area contributed by atoms with Crippen molar-refractivity contribution in [3.8, 4) is 0 Å². The fourth-order valence-corrected chi connectivity index (χ4v) is 5.02. The Bertz CT molecular complexity index is 903. The minimum Gasteiger partial charge on any atom is -0.274 e. The zero-order chi connectivity index (χ0) is 18.0. The lowest BCUT2D eigenvalue weighted by atomic mass is 10.1. The average molecular weight is 391 g/mol. The van der Waals surface area contributed by atoms with Crippen LogP contribution < -0.4 is 4.90 Å². The number of rotatable bonds is 5. The van der Waals surface area contributed by atoms with E-state index in [1.807, 2.05) is 44.4 Å². The van der Waals surface area contributed by atoms with Crippen LogP contribution >= 0.6 is 34.4 Å². The maximum Gasteiger partial charge on any atom is 0.230 e. The molecule has 0 aliphatic heterocycles. The number of benzene rings is 1. The number of anilines is 2. The molecule has 130 valence electrons. The molecule has 2 heterocycles. The molecule has 8 heteroatoms. The van der Waals surface area contributed by atoms with E-state index >= 15 is 0 Å². The van der Waals surface area contributed by atoms with Crippen LogP contribution in [0.2, 0.25) is 0 Å². The molecule has 0 atom stereocenters. The van der Waals surface area contributed by atoms with Crippen LogP contribution in [0.25, 0.3) is 0 Å². The van der Waals surface area contributed by atoms with E-state index in [0.717, 1.165) is 31.9 Å². The first-order valence-corrected chi connectivity index (χ1v) is 10.4. The Balaban J connectivity index is 1.82. The van der Waals surface area contributed by atoms with E-state index in [9.17, 15) is 4.79 Å². The van der Waals surface area contributed by atoms with Crippen LogP contribution in [-0.4, -0.2) is 21.1 Å². The first kappa shape index (κ1) is 18.0. The van der Waals surface area contributed by atoms with Gasteiger partial charge in [0.2, 0.25) is 5.91 Å². The van der Waals surface area contributed by atoms with Gasteiger partial charge < -0.3 is 0 Å². The van der Waals surface area contributed by atoms with E-state index < -0.39 is 0 Å². The number of thiazole rings is 1. The van der Waals surface area contributed by atoms with E-state index in [1.54, 1.807) is 34.9 Å². The summed E-state index contributed by atoms with van der Waals surface area (Å²) >= 11 is 4.68. The van der Waals surface area contributed by atoms with Gasteiger partial charge in [0.25, 0.3) is 0 Å². The van der Waals surface area contributed by atoms with Crippen LogP contribution in [0, 0.1) is 20.8 Å². The van der Waals surface area contributed by atoms with Crippen LogP contribution in [0.3, 0.4) is 0 Å². The minimum atomic E-state index is -0.0398. The van der Waals surface area contributed by atoms with E-state index in [-0.39, 0.29) is 5.91 Å². The van der Waals surface area contributed by atoms with Gasteiger partial charge in [-0.2, -0.15) is 0 Å². The number of aryl methyl sites for hydroxylation is 2. The summed E-state index contributed by atoms with van der Waals surface area (Å²) in [5, 5.41) is 11.8. The van der Waals surface area contributed by atoms with E-state index in [4.69, 9.17) is 0 Å². The van der Waals surface area contributed by atoms with Crippen molar-refractivity contribution in [3.05, 3.63) is 45.4 Å². The van der Waals surface area contributed by atoms with Crippen LogP contribution in [-0.2, 0) is 10.5 Å². The van der Waals surface area contributed by atoms with Crippen LogP contribution in [0.15, 0.2) is 27.9 Å². The molecule has 1 aromatic carbocycles. The van der Waals surface area contributed by atoms with Gasteiger partial charge in [0.15, 0.2) is 9.47 Å². The van der Waals surface area contributed by atoms with E-state index in [1.165, 1.54) is 11.3 Å². The Labute approximate surface area is 159 Å². The monoisotopic (exact) mass is 390 g/mol. The molecule has 0 aliphatic rings. The molecule has 0 spiro atoms. The SMILES string of the molecule is CC(=O)N(c1nc(CSc2nnc(C)s2)cs1)c1cccc(C)c1C. The van der Waals surface area contributed by atoms with Gasteiger partial charge in [0.1, 0.15) is 5.01 Å². The van der Waals surface area contributed by atoms with Gasteiger partial charge in [0, 0.05) is 18.1 Å². The highest BCUT2D eigenvalue weighted by atomic mass is 32.2. The standard InChI is InChI=1S/C17H18N4OS3/c1-10-6-5-7-15(11(10)2)21(13(4)22)16-18-14(8-23-16)9-24-17-20-19-12(3)25-17/h5-8H,9H2,1-4H3. The van der Waals surface area contributed by atoms with Crippen LogP contribution in [0.1, 0.15) is 28.8 Å². The third kappa shape index (κ3) is 4.08. The summed E-state index contributed by atoms with van der Waals surface area (Å²) in [6.45, 7) is 7.59. The third-order valence-electron chi connectivity index (χ3n) is 3.71. The van der Waals surface area contributed by atoms with Crippen molar-refractivity contribution in [1.82, 2.24) is 15.2 Å². The second-order valence-electron chi connectivity index (χ2n) is 5.57. The maximum atomic E-state index is 12.3. The predicted octanol–water partition coefficient (Wildman–Crippen LogP) is 4.90. The molecule has 0 bridgehead atoms. The summed E-state index contributed by atoms with van der Waals surface area (Å²) in [4.78, 5) is 18.6. The first-order chi connectivity index (χ1) is 12.0. The molecule has 5 nitrogen and oxygen atoms in total. The lowest BCUT2D eigenvalue weighted by molar-refractivity contribution is -0.115. The summed E-state index contributed by atoms with van der Waals surface area (Å²) < 4.78 is 0.935. The van der Waals surface area contributed by atoms with Crippen molar-refractivity contribution in [2.24, 2.45) is 0 Å². The molecular weight excluding hydrogens is 372 g/mol. The van der Waals surface area contributed by atoms with Crippen molar-refractivity contribution >= 4 is 51.2 Å². The summed E-state index contributed by atoms with van der Waals surface area (Å²) in [5.41, 5.74) is 4.08.